The van der Waals surface area contributed by atoms with Crippen molar-refractivity contribution < 1.29 is 4.52 Å². The number of hydrogen-bond donors (Lipinski definition) is 0. The molecule has 0 saturated heterocycles. The molecule has 2 heterocycles. The van der Waals surface area contributed by atoms with E-state index in [0.717, 1.165) is 28.8 Å². The summed E-state index contributed by atoms with van der Waals surface area (Å²) in [6.45, 7) is 6.32. The zero-order chi connectivity index (χ0) is 13.0. The van der Waals surface area contributed by atoms with Crippen LogP contribution in [-0.4, -0.2) is 19.5 Å². The first kappa shape index (κ1) is 13.5. The van der Waals surface area contributed by atoms with Crippen molar-refractivity contribution in [2.75, 3.05) is 0 Å². The largest absolute Gasteiger partial charge is 0.338 e. The summed E-state index contributed by atoms with van der Waals surface area (Å²) < 4.78 is 10.4. The van der Waals surface area contributed by atoms with E-state index in [1.54, 1.807) is 11.8 Å². The van der Waals surface area contributed by atoms with E-state index in [1.165, 1.54) is 11.5 Å². The fraction of sp³-hybridized carbons (Fsp3) is 0.636. The lowest BCUT2D eigenvalue weighted by molar-refractivity contribution is 0.382. The van der Waals surface area contributed by atoms with Gasteiger partial charge in [-0.15, -0.1) is 0 Å². The predicted molar refractivity (Wildman–Crippen MR) is 71.7 cm³/mol. The molecule has 0 aliphatic heterocycles. The van der Waals surface area contributed by atoms with Crippen molar-refractivity contribution in [3.63, 3.8) is 0 Å². The van der Waals surface area contributed by atoms with Crippen LogP contribution in [0, 0.1) is 5.92 Å². The van der Waals surface area contributed by atoms with Crippen molar-refractivity contribution in [3.8, 4) is 0 Å². The van der Waals surface area contributed by atoms with E-state index in [2.05, 4.69) is 33.3 Å². The van der Waals surface area contributed by atoms with Gasteiger partial charge in [0.05, 0.1) is 5.75 Å². The van der Waals surface area contributed by atoms with Gasteiger partial charge in [0.1, 0.15) is 5.82 Å². The van der Waals surface area contributed by atoms with Crippen molar-refractivity contribution in [1.29, 1.82) is 0 Å². The Kier molecular flexibility index (Phi) is 4.71. The molecule has 0 aromatic carbocycles. The van der Waals surface area contributed by atoms with Gasteiger partial charge in [-0.05, 0) is 17.5 Å². The van der Waals surface area contributed by atoms with E-state index in [0.29, 0.717) is 17.6 Å². The quantitative estimate of drug-likeness (QED) is 0.760. The number of nitrogens with zero attached hydrogens (tertiary/aromatic N) is 4. The smallest absolute Gasteiger partial charge is 0.237 e. The van der Waals surface area contributed by atoms with Crippen LogP contribution in [0.3, 0.4) is 0 Å². The third-order valence-corrected chi connectivity index (χ3v) is 4.04. The Morgan fingerprint density at radius 3 is 2.78 bits per heavy atom. The van der Waals surface area contributed by atoms with Gasteiger partial charge in [-0.1, -0.05) is 37.7 Å². The second kappa shape index (κ2) is 6.29. The molecular formula is C11H16N4OS2. The Hall–Kier alpha value is -0.950. The molecule has 2 rings (SSSR count). The Morgan fingerprint density at radius 1 is 1.28 bits per heavy atom. The molecule has 5 nitrogen and oxygen atoms in total. The van der Waals surface area contributed by atoms with Gasteiger partial charge in [0.2, 0.25) is 5.89 Å². The zero-order valence-corrected chi connectivity index (χ0v) is 12.3. The highest BCUT2D eigenvalue weighted by atomic mass is 32.2. The molecule has 0 bridgehead atoms. The molecule has 18 heavy (non-hydrogen) atoms. The average Bonchev–Trinajstić information content (AvgIpc) is 2.94. The minimum Gasteiger partial charge on any atom is -0.338 e. The van der Waals surface area contributed by atoms with Crippen LogP contribution < -0.4 is 0 Å². The topological polar surface area (TPSA) is 64.7 Å². The van der Waals surface area contributed by atoms with Gasteiger partial charge < -0.3 is 4.52 Å². The van der Waals surface area contributed by atoms with Crippen LogP contribution in [0.15, 0.2) is 8.86 Å². The van der Waals surface area contributed by atoms with Crippen molar-refractivity contribution in [2.24, 2.45) is 5.92 Å². The molecule has 2 aromatic rings. The van der Waals surface area contributed by atoms with Crippen molar-refractivity contribution in [3.05, 3.63) is 17.5 Å². The van der Waals surface area contributed by atoms with Gasteiger partial charge in [0.15, 0.2) is 10.2 Å². The molecule has 0 aliphatic rings. The summed E-state index contributed by atoms with van der Waals surface area (Å²) in [5, 5.41) is 3.96. The number of aryl methyl sites for hydroxylation is 1. The SMILES string of the molecule is CCc1nsc(SCc2nc(CC(C)C)no2)n1. The van der Waals surface area contributed by atoms with Crippen LogP contribution in [0.1, 0.15) is 38.3 Å². The second-order valence-corrected chi connectivity index (χ2v) is 6.30. The van der Waals surface area contributed by atoms with Crippen LogP contribution in [0.5, 0.6) is 0 Å². The van der Waals surface area contributed by atoms with Gasteiger partial charge in [0, 0.05) is 12.8 Å². The summed E-state index contributed by atoms with van der Waals surface area (Å²) in [6.07, 6.45) is 1.73. The summed E-state index contributed by atoms with van der Waals surface area (Å²) in [7, 11) is 0. The van der Waals surface area contributed by atoms with Crippen LogP contribution in [0.2, 0.25) is 0 Å². The van der Waals surface area contributed by atoms with E-state index in [-0.39, 0.29) is 0 Å². The lowest BCUT2D eigenvalue weighted by atomic mass is 10.1. The Bertz CT molecular complexity index is 495. The van der Waals surface area contributed by atoms with Crippen LogP contribution in [0.4, 0.5) is 0 Å². The number of aromatic nitrogens is 4. The first-order valence-corrected chi connectivity index (χ1v) is 7.70. The van der Waals surface area contributed by atoms with Crippen LogP contribution >= 0.6 is 23.3 Å². The molecule has 98 valence electrons. The minimum absolute atomic E-state index is 0.540. The van der Waals surface area contributed by atoms with Crippen LogP contribution in [-0.2, 0) is 18.6 Å². The van der Waals surface area contributed by atoms with Gasteiger partial charge in [0.25, 0.3) is 0 Å². The number of hydrogen-bond acceptors (Lipinski definition) is 7. The Balaban J connectivity index is 1.87. The molecule has 0 unspecified atom stereocenters. The molecule has 0 spiro atoms. The van der Waals surface area contributed by atoms with Crippen molar-refractivity contribution in [1.82, 2.24) is 19.5 Å². The van der Waals surface area contributed by atoms with Gasteiger partial charge >= 0.3 is 0 Å². The molecule has 0 aliphatic carbocycles. The fourth-order valence-electron chi connectivity index (χ4n) is 1.36. The van der Waals surface area contributed by atoms with Gasteiger partial charge in [-0.3, -0.25) is 0 Å². The average molecular weight is 284 g/mol. The maximum atomic E-state index is 5.19. The summed E-state index contributed by atoms with van der Waals surface area (Å²) in [6, 6.07) is 0. The Labute approximate surface area is 115 Å². The summed E-state index contributed by atoms with van der Waals surface area (Å²) in [4.78, 5) is 8.73. The third-order valence-electron chi connectivity index (χ3n) is 2.19. The normalized spacial score (nSPS) is 11.3. The summed E-state index contributed by atoms with van der Waals surface area (Å²) >= 11 is 3.01. The van der Waals surface area contributed by atoms with E-state index < -0.39 is 0 Å². The van der Waals surface area contributed by atoms with E-state index in [4.69, 9.17) is 4.52 Å². The predicted octanol–water partition coefficient (Wildman–Crippen LogP) is 2.97. The van der Waals surface area contributed by atoms with E-state index in [9.17, 15) is 0 Å². The molecule has 0 saturated carbocycles. The van der Waals surface area contributed by atoms with E-state index in [1.807, 2.05) is 6.92 Å². The van der Waals surface area contributed by atoms with Crippen LogP contribution in [0.25, 0.3) is 0 Å². The molecule has 0 amide bonds. The molecule has 0 N–H and O–H groups in total. The fourth-order valence-corrected chi connectivity index (χ4v) is 2.89. The van der Waals surface area contributed by atoms with Gasteiger partial charge in [-0.2, -0.15) is 9.36 Å². The third kappa shape index (κ3) is 3.78. The number of thioether (sulfide) groups is 1. The highest BCUT2D eigenvalue weighted by Crippen LogP contribution is 2.23. The first-order valence-electron chi connectivity index (χ1n) is 5.94. The maximum absolute atomic E-state index is 5.19. The highest BCUT2D eigenvalue weighted by molar-refractivity contribution is 8.00. The standard InChI is InChI=1S/C11H16N4OS2/c1-4-8-13-11(18-15-8)17-6-10-12-9(14-16-10)5-7(2)3/h7H,4-6H2,1-3H3. The Morgan fingerprint density at radius 2 is 2.11 bits per heavy atom. The van der Waals surface area contributed by atoms with Crippen molar-refractivity contribution in [2.45, 2.75) is 43.7 Å². The maximum Gasteiger partial charge on any atom is 0.237 e. The molecule has 7 heteroatoms. The minimum atomic E-state index is 0.540. The van der Waals surface area contributed by atoms with Gasteiger partial charge in [-0.25, -0.2) is 4.98 Å². The summed E-state index contributed by atoms with van der Waals surface area (Å²) in [5.41, 5.74) is 0. The highest BCUT2D eigenvalue weighted by Gasteiger charge is 2.10. The first-order chi connectivity index (χ1) is 8.67. The molecule has 0 atom stereocenters. The zero-order valence-electron chi connectivity index (χ0n) is 10.7. The number of rotatable bonds is 6. The lowest BCUT2D eigenvalue weighted by Crippen LogP contribution is -1.96. The molecular weight excluding hydrogens is 268 g/mol. The monoisotopic (exact) mass is 284 g/mol. The molecule has 0 fully saturated rings. The summed E-state index contributed by atoms with van der Waals surface area (Å²) in [5.74, 6) is 3.53. The lowest BCUT2D eigenvalue weighted by Gasteiger charge is -1.95. The van der Waals surface area contributed by atoms with E-state index >= 15 is 0 Å². The van der Waals surface area contributed by atoms with Crippen molar-refractivity contribution >= 4 is 23.3 Å². The second-order valence-electron chi connectivity index (χ2n) is 4.32. The molecule has 2 aromatic heterocycles. The molecule has 0 radical (unpaired) electrons.